The number of Topliss-reactive ketones (excluding diaryl/α,β-unsaturated/α-hetero) is 2. The lowest BCUT2D eigenvalue weighted by atomic mass is 9.61. The van der Waals surface area contributed by atoms with E-state index in [0.29, 0.717) is 24.2 Å². The van der Waals surface area contributed by atoms with Crippen molar-refractivity contribution in [3.63, 3.8) is 0 Å². The molecule has 5 rings (SSSR count). The fourth-order valence-corrected chi connectivity index (χ4v) is 9.39. The number of aliphatic hydroxyl groups is 2. The van der Waals surface area contributed by atoms with Crippen LogP contribution in [-0.4, -0.2) is 98.7 Å². The number of unbranched alkanes of at least 4 members (excludes halogenated alkanes) is 1. The molecule has 3 unspecified atom stereocenters. The van der Waals surface area contributed by atoms with Gasteiger partial charge in [0.25, 0.3) is 5.91 Å². The van der Waals surface area contributed by atoms with Crippen LogP contribution in [-0.2, 0) is 14.3 Å². The van der Waals surface area contributed by atoms with Gasteiger partial charge in [-0.05, 0) is 51.4 Å². The Morgan fingerprint density at radius 3 is 2.57 bits per heavy atom. The fraction of sp³-hybridized carbons (Fsp3) is 0.529. The van der Waals surface area contributed by atoms with Gasteiger partial charge in [-0.25, -0.2) is 4.79 Å². The molecule has 0 spiro atoms. The first-order valence-corrected chi connectivity index (χ1v) is 16.9. The maximum atomic E-state index is 13.8. The third-order valence-electron chi connectivity index (χ3n) is 10.2. The molecule has 1 aromatic rings. The minimum absolute atomic E-state index is 0.0926. The second-order valence-electron chi connectivity index (χ2n) is 13.4. The highest BCUT2D eigenvalue weighted by Gasteiger charge is 2.59. The lowest BCUT2D eigenvalue weighted by molar-refractivity contribution is -0.147. The van der Waals surface area contributed by atoms with E-state index in [9.17, 15) is 34.5 Å². The van der Waals surface area contributed by atoms with Gasteiger partial charge in [-0.15, -0.1) is 0 Å². The molecule has 7 N–H and O–H groups in total. The number of amides is 3. The number of primary amides is 1. The van der Waals surface area contributed by atoms with Crippen molar-refractivity contribution in [2.75, 3.05) is 19.8 Å². The molecule has 2 saturated heterocycles. The van der Waals surface area contributed by atoms with E-state index in [2.05, 4.69) is 23.8 Å². The van der Waals surface area contributed by atoms with Crippen LogP contribution < -0.4 is 16.4 Å². The quantitative estimate of drug-likeness (QED) is 0.0672. The molecular weight excluding hydrogens is 624 g/mol. The van der Waals surface area contributed by atoms with Crippen molar-refractivity contribution in [2.24, 2.45) is 17.6 Å². The normalized spacial score (nSPS) is 32.5. The Labute approximate surface area is 278 Å². The molecule has 254 valence electrons. The first-order chi connectivity index (χ1) is 22.1. The van der Waals surface area contributed by atoms with Crippen molar-refractivity contribution in [3.8, 4) is 5.75 Å². The van der Waals surface area contributed by atoms with Crippen LogP contribution >= 0.6 is 11.8 Å². The number of aliphatic hydroxyl groups excluding tert-OH is 1. The van der Waals surface area contributed by atoms with Crippen LogP contribution in [0.5, 0.6) is 5.75 Å². The lowest BCUT2D eigenvalue weighted by Gasteiger charge is -2.50. The van der Waals surface area contributed by atoms with Crippen molar-refractivity contribution in [3.05, 3.63) is 65.1 Å². The summed E-state index contributed by atoms with van der Waals surface area (Å²) in [6, 6.07) is 3.69. The van der Waals surface area contributed by atoms with E-state index < -0.39 is 64.3 Å². The van der Waals surface area contributed by atoms with Crippen LogP contribution in [0, 0.1) is 11.8 Å². The zero-order valence-electron chi connectivity index (χ0n) is 27.1. The monoisotopic (exact) mass is 668 g/mol. The lowest BCUT2D eigenvalue weighted by Crippen LogP contribution is -2.63. The molecule has 1 aromatic carbocycles. The first kappa shape index (κ1) is 34.5. The summed E-state index contributed by atoms with van der Waals surface area (Å²) in [7, 11) is 3.20. The summed E-state index contributed by atoms with van der Waals surface area (Å²) in [6.45, 7) is 11.4. The number of hydrogen-bond acceptors (Lipinski definition) is 10. The third-order valence-corrected chi connectivity index (χ3v) is 11.7. The number of allylic oxidation sites excluding steroid dienone is 1. The van der Waals surface area contributed by atoms with Gasteiger partial charge in [-0.3, -0.25) is 19.3 Å². The molecule has 2 fully saturated rings. The minimum Gasteiger partial charge on any atom is -0.508 e. The summed E-state index contributed by atoms with van der Waals surface area (Å²) in [5.74, 6) is -4.82. The van der Waals surface area contributed by atoms with E-state index in [1.807, 2.05) is 18.7 Å². The third kappa shape index (κ3) is 6.04. The number of ketones is 2. The van der Waals surface area contributed by atoms with Gasteiger partial charge in [-0.2, -0.15) is 11.8 Å². The summed E-state index contributed by atoms with van der Waals surface area (Å²) < 4.78 is 6.60. The fourth-order valence-electron chi connectivity index (χ4n) is 7.85. The maximum Gasteiger partial charge on any atom is 0.315 e. The molecule has 4 aliphatic rings. The molecule has 0 aromatic heterocycles. The van der Waals surface area contributed by atoms with Crippen LogP contribution in [0.3, 0.4) is 0 Å². The molecule has 12 nitrogen and oxygen atoms in total. The van der Waals surface area contributed by atoms with Gasteiger partial charge < -0.3 is 36.4 Å². The zero-order chi connectivity index (χ0) is 34.5. The van der Waals surface area contributed by atoms with Gasteiger partial charge in [0, 0.05) is 28.9 Å². The second kappa shape index (κ2) is 13.0. The van der Waals surface area contributed by atoms with Crippen molar-refractivity contribution >= 4 is 35.3 Å². The number of likely N-dealkylation sites (N-methyl/N-ethyl adjacent to an activating group) is 1. The van der Waals surface area contributed by atoms with Gasteiger partial charge in [0.2, 0.25) is 0 Å². The number of nitrogens with two attached hydrogens (primary N) is 1. The maximum absolute atomic E-state index is 13.8. The SMILES string of the molecule is C=C(CCCCC1SCC2NC(=O)NC21)O[C@@H]([C@H]1C(=C)C(=O)c2c(O)cccc2[C@@H]1C)[C@H]1[C@H](N(C)C)C(=O)C(C(N)=O)=C(O)[C@]1(C)O. The predicted molar refractivity (Wildman–Crippen MR) is 177 cm³/mol. The number of rotatable bonds is 11. The number of carbonyl (C=O) groups is 4. The highest BCUT2D eigenvalue weighted by Crippen LogP contribution is 2.50. The highest BCUT2D eigenvalue weighted by molar-refractivity contribution is 8.00. The summed E-state index contributed by atoms with van der Waals surface area (Å²) >= 11 is 1.83. The van der Waals surface area contributed by atoms with E-state index in [-0.39, 0.29) is 40.3 Å². The molecule has 2 aliphatic heterocycles. The number of aromatic hydroxyl groups is 1. The van der Waals surface area contributed by atoms with Gasteiger partial charge in [0.1, 0.15) is 28.8 Å². The van der Waals surface area contributed by atoms with E-state index in [1.54, 1.807) is 26.2 Å². The number of fused-ring (bicyclic) bond motifs is 2. The van der Waals surface area contributed by atoms with Crippen LogP contribution in [0.2, 0.25) is 0 Å². The largest absolute Gasteiger partial charge is 0.508 e. The smallest absolute Gasteiger partial charge is 0.315 e. The summed E-state index contributed by atoms with van der Waals surface area (Å²) in [5, 5.41) is 40.0. The molecule has 13 heteroatoms. The topological polar surface area (TPSA) is 192 Å². The Bertz CT molecular complexity index is 1550. The standard InChI is InChI=1S/C34H44N4O8S/c1-15(10-7-8-13-21-26-19(14-47-21)36-33(44)37-26)46-30(22-16(2)18-11-9-12-20(39)23(18)28(40)17(22)3)25-27(38(5)6)29(41)24(32(35)43)31(42)34(25,4)45/h9,11-12,16,19,21-22,25-27,30,39,42,45H,1,3,7-8,10,13-14H2,2,4-6H3,(H2,35,43)(H2,36,37,44)/t16-,19?,21?,22+,25+,26?,27-,30-,34+/m0/s1. The average Bonchev–Trinajstić information content (AvgIpc) is 3.54. The number of hydrogen-bond donors (Lipinski definition) is 6. The number of carbonyl (C=O) groups excluding carboxylic acids is 4. The Kier molecular flexibility index (Phi) is 9.55. The molecule has 47 heavy (non-hydrogen) atoms. The number of benzene rings is 1. The molecule has 2 aliphatic carbocycles. The van der Waals surface area contributed by atoms with Crippen molar-refractivity contribution in [1.82, 2.24) is 15.5 Å². The van der Waals surface area contributed by atoms with Crippen LogP contribution in [0.15, 0.2) is 54.0 Å². The van der Waals surface area contributed by atoms with E-state index in [1.165, 1.54) is 17.9 Å². The van der Waals surface area contributed by atoms with Crippen LogP contribution in [0.1, 0.15) is 61.4 Å². The molecular formula is C34H44N4O8S. The van der Waals surface area contributed by atoms with E-state index in [0.717, 1.165) is 18.6 Å². The van der Waals surface area contributed by atoms with E-state index >= 15 is 0 Å². The van der Waals surface area contributed by atoms with Crippen molar-refractivity contribution < 1.29 is 39.2 Å². The number of ether oxygens (including phenoxy) is 1. The van der Waals surface area contributed by atoms with Crippen LogP contribution in [0.25, 0.3) is 0 Å². The molecule has 2 heterocycles. The minimum atomic E-state index is -2.20. The Hall–Kier alpha value is -3.81. The van der Waals surface area contributed by atoms with Gasteiger partial charge in [0.05, 0.1) is 35.4 Å². The molecule has 0 saturated carbocycles. The number of urea groups is 1. The van der Waals surface area contributed by atoms with Gasteiger partial charge >= 0.3 is 6.03 Å². The van der Waals surface area contributed by atoms with Crippen molar-refractivity contribution in [2.45, 2.75) is 80.5 Å². The summed E-state index contributed by atoms with van der Waals surface area (Å²) in [5.41, 5.74) is 3.39. The first-order valence-electron chi connectivity index (χ1n) is 15.8. The van der Waals surface area contributed by atoms with Crippen molar-refractivity contribution in [1.29, 1.82) is 0 Å². The van der Waals surface area contributed by atoms with Gasteiger partial charge in [0.15, 0.2) is 11.6 Å². The predicted octanol–water partition coefficient (Wildman–Crippen LogP) is 2.67. The highest BCUT2D eigenvalue weighted by atomic mass is 32.2. The molecule has 9 atom stereocenters. The summed E-state index contributed by atoms with van der Waals surface area (Å²) in [4.78, 5) is 53.1. The average molecular weight is 669 g/mol. The molecule has 0 radical (unpaired) electrons. The Morgan fingerprint density at radius 1 is 1.21 bits per heavy atom. The Morgan fingerprint density at radius 2 is 1.91 bits per heavy atom. The Balaban J connectivity index is 1.46. The number of phenols is 1. The number of phenolic OH excluding ortho intramolecular Hbond substituents is 1. The summed E-state index contributed by atoms with van der Waals surface area (Å²) in [6.07, 6.45) is 1.69. The molecule has 3 amide bonds. The second-order valence-corrected chi connectivity index (χ2v) is 14.7. The molecule has 0 bridgehead atoms. The van der Waals surface area contributed by atoms with Crippen LogP contribution in [0.4, 0.5) is 4.79 Å². The number of nitrogens with one attached hydrogen (secondary N) is 2. The number of thioether (sulfide) groups is 1. The zero-order valence-corrected chi connectivity index (χ0v) is 27.9. The van der Waals surface area contributed by atoms with E-state index in [4.69, 9.17) is 10.5 Å². The number of nitrogens with zero attached hydrogens (tertiary/aromatic N) is 1. The van der Waals surface area contributed by atoms with Gasteiger partial charge in [-0.1, -0.05) is 38.6 Å².